The van der Waals surface area contributed by atoms with E-state index in [1.807, 2.05) is 35.8 Å². The summed E-state index contributed by atoms with van der Waals surface area (Å²) in [6.45, 7) is 3.66. The number of hydrogen-bond donors (Lipinski definition) is 1. The Balaban J connectivity index is 2.68. The van der Waals surface area contributed by atoms with E-state index in [0.29, 0.717) is 0 Å². The number of amides is 1. The minimum atomic E-state index is -0.364. The first-order valence-electron chi connectivity index (χ1n) is 4.84. The molecule has 0 aliphatic carbocycles. The zero-order valence-corrected chi connectivity index (χ0v) is 8.77. The van der Waals surface area contributed by atoms with Crippen molar-refractivity contribution in [2.24, 2.45) is 5.73 Å². The second-order valence-corrected chi connectivity index (χ2v) is 3.60. The summed E-state index contributed by atoms with van der Waals surface area (Å²) in [6, 6.07) is 7.35. The number of imidazole rings is 1. The number of nitrogens with zero attached hydrogens (tertiary/aromatic N) is 2. The second-order valence-electron chi connectivity index (χ2n) is 3.60. The number of carbonyl (C=O) groups is 1. The predicted octanol–water partition coefficient (Wildman–Crippen LogP) is 1.39. The van der Waals surface area contributed by atoms with Gasteiger partial charge in [0.15, 0.2) is 0 Å². The first-order valence-corrected chi connectivity index (χ1v) is 4.84. The molecule has 2 aromatic rings. The highest BCUT2D eigenvalue weighted by molar-refractivity contribution is 5.82. The molecule has 2 rings (SSSR count). The molecule has 15 heavy (non-hydrogen) atoms. The van der Waals surface area contributed by atoms with E-state index in [1.165, 1.54) is 0 Å². The van der Waals surface area contributed by atoms with E-state index in [4.69, 9.17) is 5.73 Å². The number of aromatic nitrogens is 2. The lowest BCUT2D eigenvalue weighted by Gasteiger charge is -2.12. The van der Waals surface area contributed by atoms with Crippen LogP contribution < -0.4 is 5.73 Å². The van der Waals surface area contributed by atoms with Gasteiger partial charge in [-0.25, -0.2) is 4.98 Å². The molecule has 1 aromatic heterocycles. The standard InChI is InChI=1S/C11H13N3O/c1-7(11(12)15)14-8(2)13-9-5-3-4-6-10(9)14/h3-7H,1-2H3,(H2,12,15)/t7-/m0/s1. The molecular formula is C11H13N3O. The average Bonchev–Trinajstić information content (AvgIpc) is 2.52. The number of benzene rings is 1. The lowest BCUT2D eigenvalue weighted by molar-refractivity contribution is -0.120. The van der Waals surface area contributed by atoms with Gasteiger partial charge in [-0.2, -0.15) is 0 Å². The summed E-state index contributed by atoms with van der Waals surface area (Å²) in [5, 5.41) is 0. The molecule has 1 amide bonds. The summed E-state index contributed by atoms with van der Waals surface area (Å²) in [5.74, 6) is 0.462. The number of primary amides is 1. The minimum Gasteiger partial charge on any atom is -0.368 e. The predicted molar refractivity (Wildman–Crippen MR) is 58.4 cm³/mol. The number of para-hydroxylation sites is 2. The van der Waals surface area contributed by atoms with E-state index in [1.54, 1.807) is 6.92 Å². The normalized spacial score (nSPS) is 12.9. The van der Waals surface area contributed by atoms with E-state index in [9.17, 15) is 4.79 Å². The number of nitrogens with two attached hydrogens (primary N) is 1. The molecule has 0 fully saturated rings. The van der Waals surface area contributed by atoms with Gasteiger partial charge >= 0.3 is 0 Å². The molecule has 1 atom stereocenters. The molecule has 0 spiro atoms. The highest BCUT2D eigenvalue weighted by Gasteiger charge is 2.16. The zero-order chi connectivity index (χ0) is 11.0. The van der Waals surface area contributed by atoms with Crippen molar-refractivity contribution in [1.29, 1.82) is 0 Å². The van der Waals surface area contributed by atoms with E-state index in [-0.39, 0.29) is 11.9 Å². The molecule has 1 aromatic carbocycles. The summed E-state index contributed by atoms with van der Waals surface area (Å²) < 4.78 is 1.86. The zero-order valence-electron chi connectivity index (χ0n) is 8.77. The van der Waals surface area contributed by atoms with Crippen molar-refractivity contribution in [3.63, 3.8) is 0 Å². The monoisotopic (exact) mass is 203 g/mol. The second kappa shape index (κ2) is 3.38. The Hall–Kier alpha value is -1.84. The van der Waals surface area contributed by atoms with Gasteiger partial charge in [0, 0.05) is 0 Å². The third kappa shape index (κ3) is 1.48. The largest absolute Gasteiger partial charge is 0.368 e. The summed E-state index contributed by atoms with van der Waals surface area (Å²) >= 11 is 0. The van der Waals surface area contributed by atoms with Crippen molar-refractivity contribution in [3.8, 4) is 0 Å². The highest BCUT2D eigenvalue weighted by Crippen LogP contribution is 2.20. The van der Waals surface area contributed by atoms with Gasteiger partial charge < -0.3 is 10.3 Å². The van der Waals surface area contributed by atoms with Crippen molar-refractivity contribution in [1.82, 2.24) is 9.55 Å². The van der Waals surface area contributed by atoms with Gasteiger partial charge in [-0.3, -0.25) is 4.79 Å². The number of hydrogen-bond acceptors (Lipinski definition) is 2. The molecule has 78 valence electrons. The molecular weight excluding hydrogens is 190 g/mol. The number of rotatable bonds is 2. The van der Waals surface area contributed by atoms with Crippen LogP contribution in [0.15, 0.2) is 24.3 Å². The minimum absolute atomic E-state index is 0.346. The van der Waals surface area contributed by atoms with E-state index in [2.05, 4.69) is 4.98 Å². The SMILES string of the molecule is Cc1nc2ccccc2n1[C@@H](C)C(N)=O. The van der Waals surface area contributed by atoms with Crippen LogP contribution in [0.2, 0.25) is 0 Å². The maximum absolute atomic E-state index is 11.2. The number of carbonyl (C=O) groups excluding carboxylic acids is 1. The molecule has 0 bridgehead atoms. The summed E-state index contributed by atoms with van der Waals surface area (Å²) in [6.07, 6.45) is 0. The molecule has 1 heterocycles. The van der Waals surface area contributed by atoms with Crippen molar-refractivity contribution >= 4 is 16.9 Å². The van der Waals surface area contributed by atoms with Gasteiger partial charge in [-0.05, 0) is 26.0 Å². The van der Waals surface area contributed by atoms with Crippen molar-refractivity contribution < 1.29 is 4.79 Å². The van der Waals surface area contributed by atoms with Crippen LogP contribution in [0.3, 0.4) is 0 Å². The van der Waals surface area contributed by atoms with Crippen molar-refractivity contribution in [2.75, 3.05) is 0 Å². The molecule has 0 unspecified atom stereocenters. The molecule has 2 N–H and O–H groups in total. The Morgan fingerprint density at radius 3 is 2.80 bits per heavy atom. The Labute approximate surface area is 87.7 Å². The Bertz CT molecular complexity index is 516. The topological polar surface area (TPSA) is 60.9 Å². The third-order valence-corrected chi connectivity index (χ3v) is 2.57. The summed E-state index contributed by atoms with van der Waals surface area (Å²) in [4.78, 5) is 15.5. The maximum Gasteiger partial charge on any atom is 0.240 e. The van der Waals surface area contributed by atoms with Crippen LogP contribution in [0.5, 0.6) is 0 Å². The fourth-order valence-electron chi connectivity index (χ4n) is 1.78. The smallest absolute Gasteiger partial charge is 0.240 e. The van der Waals surface area contributed by atoms with E-state index in [0.717, 1.165) is 16.9 Å². The van der Waals surface area contributed by atoms with E-state index < -0.39 is 0 Å². The molecule has 0 aliphatic heterocycles. The van der Waals surface area contributed by atoms with Gasteiger partial charge in [-0.15, -0.1) is 0 Å². The molecule has 0 aliphatic rings. The highest BCUT2D eigenvalue weighted by atomic mass is 16.1. The summed E-state index contributed by atoms with van der Waals surface area (Å²) in [7, 11) is 0. The third-order valence-electron chi connectivity index (χ3n) is 2.57. The average molecular weight is 203 g/mol. The molecule has 4 heteroatoms. The van der Waals surface area contributed by atoms with Gasteiger partial charge in [-0.1, -0.05) is 12.1 Å². The van der Waals surface area contributed by atoms with Crippen LogP contribution in [0.1, 0.15) is 18.8 Å². The first kappa shape index (κ1) is 9.71. The van der Waals surface area contributed by atoms with Crippen LogP contribution in [0.4, 0.5) is 0 Å². The van der Waals surface area contributed by atoms with Crippen LogP contribution in [-0.4, -0.2) is 15.5 Å². The molecule has 0 saturated carbocycles. The lowest BCUT2D eigenvalue weighted by atomic mass is 10.2. The fourth-order valence-corrected chi connectivity index (χ4v) is 1.78. The Morgan fingerprint density at radius 1 is 1.47 bits per heavy atom. The lowest BCUT2D eigenvalue weighted by Crippen LogP contribution is -2.24. The fraction of sp³-hybridized carbons (Fsp3) is 0.273. The molecule has 0 saturated heterocycles. The van der Waals surface area contributed by atoms with Crippen molar-refractivity contribution in [3.05, 3.63) is 30.1 Å². The van der Waals surface area contributed by atoms with Gasteiger partial charge in [0.25, 0.3) is 0 Å². The van der Waals surface area contributed by atoms with Gasteiger partial charge in [0.05, 0.1) is 11.0 Å². The molecule has 4 nitrogen and oxygen atoms in total. The molecule has 0 radical (unpaired) electrons. The van der Waals surface area contributed by atoms with Crippen LogP contribution in [-0.2, 0) is 4.79 Å². The van der Waals surface area contributed by atoms with Crippen molar-refractivity contribution in [2.45, 2.75) is 19.9 Å². The van der Waals surface area contributed by atoms with Crippen LogP contribution >= 0.6 is 0 Å². The van der Waals surface area contributed by atoms with Crippen LogP contribution in [0.25, 0.3) is 11.0 Å². The van der Waals surface area contributed by atoms with E-state index >= 15 is 0 Å². The summed E-state index contributed by atoms with van der Waals surface area (Å²) in [5.41, 5.74) is 7.14. The van der Waals surface area contributed by atoms with Crippen LogP contribution in [0, 0.1) is 6.92 Å². The maximum atomic E-state index is 11.2. The number of aryl methyl sites for hydroxylation is 1. The Kier molecular flexibility index (Phi) is 2.19. The first-order chi connectivity index (χ1) is 7.11. The quantitative estimate of drug-likeness (QED) is 0.801. The van der Waals surface area contributed by atoms with Gasteiger partial charge in [0.1, 0.15) is 11.9 Å². The van der Waals surface area contributed by atoms with Gasteiger partial charge in [0.2, 0.25) is 5.91 Å². The number of fused-ring (bicyclic) bond motifs is 1. The Morgan fingerprint density at radius 2 is 2.13 bits per heavy atom.